The van der Waals surface area contributed by atoms with Gasteiger partial charge in [-0.15, -0.1) is 0 Å². The van der Waals surface area contributed by atoms with E-state index in [0.29, 0.717) is 22.3 Å². The van der Waals surface area contributed by atoms with E-state index in [4.69, 9.17) is 10.00 Å². The normalized spacial score (nSPS) is 9.56. The van der Waals surface area contributed by atoms with Crippen molar-refractivity contribution in [2.75, 3.05) is 7.11 Å². The summed E-state index contributed by atoms with van der Waals surface area (Å²) < 4.78 is 4.73. The SMILES string of the molecule is COC(=O)c1ccccc1-c1cnccc1C#N. The number of nitrogens with zero attached hydrogens (tertiary/aromatic N) is 2. The third-order valence-electron chi connectivity index (χ3n) is 2.56. The molecular weight excluding hydrogens is 228 g/mol. The second-order valence-corrected chi connectivity index (χ2v) is 3.57. The largest absolute Gasteiger partial charge is 0.465 e. The monoisotopic (exact) mass is 238 g/mol. The van der Waals surface area contributed by atoms with Crippen LogP contribution < -0.4 is 0 Å². The van der Waals surface area contributed by atoms with Crippen molar-refractivity contribution in [1.82, 2.24) is 4.98 Å². The maximum atomic E-state index is 11.7. The van der Waals surface area contributed by atoms with Gasteiger partial charge in [0.25, 0.3) is 0 Å². The third-order valence-corrected chi connectivity index (χ3v) is 2.56. The molecule has 0 aliphatic heterocycles. The number of ether oxygens (including phenoxy) is 1. The van der Waals surface area contributed by atoms with Crippen molar-refractivity contribution in [3.8, 4) is 17.2 Å². The molecule has 88 valence electrons. The van der Waals surface area contributed by atoms with E-state index in [9.17, 15) is 4.79 Å². The number of aromatic nitrogens is 1. The highest BCUT2D eigenvalue weighted by molar-refractivity contribution is 5.97. The fraction of sp³-hybridized carbons (Fsp3) is 0.0714. The Morgan fingerprint density at radius 2 is 2.06 bits per heavy atom. The standard InChI is InChI=1S/C14H10N2O2/c1-18-14(17)12-5-3-2-4-11(12)13-9-16-7-6-10(13)8-15/h2-7,9H,1H3. The summed E-state index contributed by atoms with van der Waals surface area (Å²) in [6.07, 6.45) is 3.11. The summed E-state index contributed by atoms with van der Waals surface area (Å²) in [7, 11) is 1.33. The number of hydrogen-bond donors (Lipinski definition) is 0. The van der Waals surface area contributed by atoms with Crippen LogP contribution in [0.1, 0.15) is 15.9 Å². The summed E-state index contributed by atoms with van der Waals surface area (Å²) in [6, 6.07) is 10.7. The summed E-state index contributed by atoms with van der Waals surface area (Å²) in [5, 5.41) is 9.07. The van der Waals surface area contributed by atoms with E-state index in [1.54, 1.807) is 42.7 Å². The number of carbonyl (C=O) groups excluding carboxylic acids is 1. The molecule has 1 aromatic heterocycles. The van der Waals surface area contributed by atoms with Gasteiger partial charge < -0.3 is 4.74 Å². The maximum absolute atomic E-state index is 11.7. The van der Waals surface area contributed by atoms with Gasteiger partial charge in [0.05, 0.1) is 24.3 Å². The van der Waals surface area contributed by atoms with Crippen LogP contribution in [0, 0.1) is 11.3 Å². The topological polar surface area (TPSA) is 63.0 Å². The zero-order valence-electron chi connectivity index (χ0n) is 9.75. The van der Waals surface area contributed by atoms with Gasteiger partial charge in [-0.1, -0.05) is 18.2 Å². The van der Waals surface area contributed by atoms with Crippen LogP contribution >= 0.6 is 0 Å². The van der Waals surface area contributed by atoms with Gasteiger partial charge in [0.2, 0.25) is 0 Å². The van der Waals surface area contributed by atoms with Crippen LogP contribution in [0.15, 0.2) is 42.7 Å². The maximum Gasteiger partial charge on any atom is 0.338 e. The number of methoxy groups -OCH3 is 1. The first-order chi connectivity index (χ1) is 8.77. The minimum atomic E-state index is -0.432. The second-order valence-electron chi connectivity index (χ2n) is 3.57. The molecule has 1 heterocycles. The smallest absolute Gasteiger partial charge is 0.338 e. The number of nitriles is 1. The molecule has 0 bridgehead atoms. The lowest BCUT2D eigenvalue weighted by atomic mass is 9.98. The molecule has 0 aliphatic rings. The fourth-order valence-corrected chi connectivity index (χ4v) is 1.71. The Hall–Kier alpha value is -2.67. The quantitative estimate of drug-likeness (QED) is 0.753. The van der Waals surface area contributed by atoms with E-state index in [1.807, 2.05) is 0 Å². The van der Waals surface area contributed by atoms with Gasteiger partial charge in [-0.3, -0.25) is 4.98 Å². The number of pyridine rings is 1. The van der Waals surface area contributed by atoms with Crippen LogP contribution in [-0.4, -0.2) is 18.1 Å². The van der Waals surface area contributed by atoms with Gasteiger partial charge in [0, 0.05) is 18.0 Å². The van der Waals surface area contributed by atoms with Crippen molar-refractivity contribution in [1.29, 1.82) is 5.26 Å². The van der Waals surface area contributed by atoms with Gasteiger partial charge in [-0.05, 0) is 17.7 Å². The van der Waals surface area contributed by atoms with E-state index in [2.05, 4.69) is 11.1 Å². The summed E-state index contributed by atoms with van der Waals surface area (Å²) >= 11 is 0. The highest BCUT2D eigenvalue weighted by Crippen LogP contribution is 2.26. The van der Waals surface area contributed by atoms with Crippen molar-refractivity contribution in [2.45, 2.75) is 0 Å². The Kier molecular flexibility index (Phi) is 3.35. The molecule has 0 saturated carbocycles. The molecule has 4 heteroatoms. The van der Waals surface area contributed by atoms with E-state index >= 15 is 0 Å². The van der Waals surface area contributed by atoms with Gasteiger partial charge in [0.1, 0.15) is 0 Å². The molecule has 0 atom stereocenters. The Balaban J connectivity index is 2.65. The van der Waals surface area contributed by atoms with Crippen LogP contribution in [0.25, 0.3) is 11.1 Å². The van der Waals surface area contributed by atoms with Crippen LogP contribution in [0.4, 0.5) is 0 Å². The first-order valence-corrected chi connectivity index (χ1v) is 5.29. The van der Waals surface area contributed by atoms with Crippen LogP contribution in [-0.2, 0) is 4.74 Å². The lowest BCUT2D eigenvalue weighted by Gasteiger charge is -2.08. The molecule has 0 saturated heterocycles. The number of esters is 1. The summed E-state index contributed by atoms with van der Waals surface area (Å²) in [5.41, 5.74) is 2.17. The first-order valence-electron chi connectivity index (χ1n) is 5.29. The molecule has 0 amide bonds. The molecule has 0 aliphatic carbocycles. The van der Waals surface area contributed by atoms with E-state index in [0.717, 1.165) is 0 Å². The summed E-state index contributed by atoms with van der Waals surface area (Å²) in [6.45, 7) is 0. The Labute approximate surface area is 104 Å². The average Bonchev–Trinajstić information content (AvgIpc) is 2.46. The predicted molar refractivity (Wildman–Crippen MR) is 65.7 cm³/mol. The van der Waals surface area contributed by atoms with E-state index < -0.39 is 5.97 Å². The van der Waals surface area contributed by atoms with Crippen LogP contribution in [0.5, 0.6) is 0 Å². The van der Waals surface area contributed by atoms with Crippen LogP contribution in [0.2, 0.25) is 0 Å². The second kappa shape index (κ2) is 5.11. The van der Waals surface area contributed by atoms with Crippen LogP contribution in [0.3, 0.4) is 0 Å². The lowest BCUT2D eigenvalue weighted by molar-refractivity contribution is 0.0601. The predicted octanol–water partition coefficient (Wildman–Crippen LogP) is 2.41. The molecular formula is C14H10N2O2. The van der Waals surface area contributed by atoms with Crippen molar-refractivity contribution < 1.29 is 9.53 Å². The zero-order chi connectivity index (χ0) is 13.0. The van der Waals surface area contributed by atoms with Gasteiger partial charge in [-0.2, -0.15) is 5.26 Å². The van der Waals surface area contributed by atoms with Crippen molar-refractivity contribution in [2.24, 2.45) is 0 Å². The molecule has 0 radical (unpaired) electrons. The van der Waals surface area contributed by atoms with Crippen molar-refractivity contribution in [3.05, 3.63) is 53.9 Å². The highest BCUT2D eigenvalue weighted by Gasteiger charge is 2.14. The Bertz CT molecular complexity index is 630. The molecule has 0 N–H and O–H groups in total. The zero-order valence-corrected chi connectivity index (χ0v) is 9.75. The number of carbonyl (C=O) groups is 1. The number of hydrogen-bond acceptors (Lipinski definition) is 4. The number of benzene rings is 1. The van der Waals surface area contributed by atoms with Gasteiger partial charge in [-0.25, -0.2) is 4.79 Å². The Morgan fingerprint density at radius 3 is 2.78 bits per heavy atom. The molecule has 2 rings (SSSR count). The van der Waals surface area contributed by atoms with E-state index in [-0.39, 0.29) is 0 Å². The molecule has 0 fully saturated rings. The molecule has 0 unspecified atom stereocenters. The summed E-state index contributed by atoms with van der Waals surface area (Å²) in [4.78, 5) is 15.7. The minimum absolute atomic E-state index is 0.421. The Morgan fingerprint density at radius 1 is 1.28 bits per heavy atom. The number of rotatable bonds is 2. The third kappa shape index (κ3) is 2.06. The van der Waals surface area contributed by atoms with Gasteiger partial charge in [0.15, 0.2) is 0 Å². The fourth-order valence-electron chi connectivity index (χ4n) is 1.71. The molecule has 2 aromatic rings. The highest BCUT2D eigenvalue weighted by atomic mass is 16.5. The molecule has 4 nitrogen and oxygen atoms in total. The first kappa shape index (κ1) is 11.8. The van der Waals surface area contributed by atoms with Gasteiger partial charge >= 0.3 is 5.97 Å². The average molecular weight is 238 g/mol. The van der Waals surface area contributed by atoms with Crippen molar-refractivity contribution in [3.63, 3.8) is 0 Å². The molecule has 18 heavy (non-hydrogen) atoms. The molecule has 0 spiro atoms. The van der Waals surface area contributed by atoms with E-state index in [1.165, 1.54) is 7.11 Å². The lowest BCUT2D eigenvalue weighted by Crippen LogP contribution is -2.04. The summed E-state index contributed by atoms with van der Waals surface area (Å²) in [5.74, 6) is -0.432. The minimum Gasteiger partial charge on any atom is -0.465 e. The molecule has 1 aromatic carbocycles. The van der Waals surface area contributed by atoms with Crippen molar-refractivity contribution >= 4 is 5.97 Å².